The second-order valence-electron chi connectivity index (χ2n) is 10.3. The number of carbonyl (C=O) groups is 2. The fourth-order valence-electron chi connectivity index (χ4n) is 5.44. The molecule has 0 saturated carbocycles. The van der Waals surface area contributed by atoms with Crippen LogP contribution in [-0.2, 0) is 21.0 Å². The number of nitrogens with zero attached hydrogens (tertiary/aromatic N) is 3. The molecule has 2 aliphatic rings. The summed E-state index contributed by atoms with van der Waals surface area (Å²) in [6.07, 6.45) is 1.12. The highest BCUT2D eigenvalue weighted by Crippen LogP contribution is 2.31. The van der Waals surface area contributed by atoms with Crippen LogP contribution >= 0.6 is 0 Å². The molecule has 3 aromatic carbocycles. The van der Waals surface area contributed by atoms with Crippen LogP contribution in [0.4, 0.5) is 16.2 Å². The van der Waals surface area contributed by atoms with Crippen LogP contribution in [0.25, 0.3) is 0 Å². The zero-order valence-electron chi connectivity index (χ0n) is 22.5. The Kier molecular flexibility index (Phi) is 7.36. The molecule has 8 nitrogen and oxygen atoms in total. The van der Waals surface area contributed by atoms with E-state index in [4.69, 9.17) is 4.74 Å². The van der Waals surface area contributed by atoms with E-state index < -0.39 is 15.9 Å². The molecule has 2 amide bonds. The van der Waals surface area contributed by atoms with Gasteiger partial charge < -0.3 is 14.5 Å². The molecule has 0 N–H and O–H groups in total. The maximum atomic E-state index is 13.6. The van der Waals surface area contributed by atoms with E-state index >= 15 is 0 Å². The monoisotopic (exact) mass is 547 g/mol. The van der Waals surface area contributed by atoms with Crippen molar-refractivity contribution in [1.82, 2.24) is 4.90 Å². The molecule has 204 valence electrons. The lowest BCUT2D eigenvalue weighted by molar-refractivity contribution is 0.0743. The van der Waals surface area contributed by atoms with Crippen LogP contribution in [0.3, 0.4) is 0 Å². The van der Waals surface area contributed by atoms with E-state index in [0.717, 1.165) is 17.5 Å². The first kappa shape index (κ1) is 26.7. The topological polar surface area (TPSA) is 87.2 Å². The third kappa shape index (κ3) is 5.63. The van der Waals surface area contributed by atoms with Crippen LogP contribution in [0.2, 0.25) is 0 Å². The van der Waals surface area contributed by atoms with Gasteiger partial charge in [-0.1, -0.05) is 48.0 Å². The van der Waals surface area contributed by atoms with E-state index in [0.29, 0.717) is 38.3 Å². The predicted octanol–water partition coefficient (Wildman–Crippen LogP) is 4.24. The molecule has 2 heterocycles. The molecule has 0 radical (unpaired) electrons. The highest BCUT2D eigenvalue weighted by molar-refractivity contribution is 7.90. The number of ether oxygens (including phenoxy) is 1. The first-order chi connectivity index (χ1) is 18.6. The number of hydrogen-bond donors (Lipinski definition) is 0. The van der Waals surface area contributed by atoms with Crippen LogP contribution in [0.15, 0.2) is 71.6 Å². The Bertz CT molecular complexity index is 1500. The molecule has 9 heteroatoms. The lowest BCUT2D eigenvalue weighted by Gasteiger charge is -2.37. The van der Waals surface area contributed by atoms with Gasteiger partial charge in [-0.15, -0.1) is 0 Å². The van der Waals surface area contributed by atoms with Crippen LogP contribution in [0.1, 0.15) is 27.0 Å². The summed E-state index contributed by atoms with van der Waals surface area (Å²) < 4.78 is 31.0. The zero-order valence-corrected chi connectivity index (χ0v) is 23.3. The number of cyclic esters (lactones) is 1. The van der Waals surface area contributed by atoms with E-state index in [-0.39, 0.29) is 29.0 Å². The van der Waals surface area contributed by atoms with Gasteiger partial charge >= 0.3 is 6.09 Å². The van der Waals surface area contributed by atoms with Gasteiger partial charge in [-0.3, -0.25) is 9.69 Å². The molecule has 0 aliphatic carbocycles. The van der Waals surface area contributed by atoms with Gasteiger partial charge in [-0.2, -0.15) is 0 Å². The summed E-state index contributed by atoms with van der Waals surface area (Å²) in [6, 6.07) is 20.4. The van der Waals surface area contributed by atoms with Gasteiger partial charge in [-0.25, -0.2) is 13.2 Å². The van der Waals surface area contributed by atoms with Crippen LogP contribution in [0, 0.1) is 13.8 Å². The minimum absolute atomic E-state index is 0.0834. The Morgan fingerprint density at radius 2 is 1.67 bits per heavy atom. The number of benzene rings is 3. The molecule has 0 aromatic heterocycles. The Morgan fingerprint density at radius 3 is 2.33 bits per heavy atom. The second-order valence-corrected chi connectivity index (χ2v) is 12.3. The number of aryl methyl sites for hydroxylation is 2. The average molecular weight is 548 g/mol. The van der Waals surface area contributed by atoms with Gasteiger partial charge in [0.05, 0.1) is 16.5 Å². The SMILES string of the molecule is Cc1ccc(N2CCN(C(=O)c3ccc(N4C(=O)OC[C@H]4Cc4ccccc4)cc3S(C)(=O)=O)CC2)c(C)c1. The number of carbonyl (C=O) groups excluding carboxylic acids is 2. The van der Waals surface area contributed by atoms with Gasteiger partial charge in [-0.05, 0) is 55.7 Å². The quantitative estimate of drug-likeness (QED) is 0.459. The number of rotatable bonds is 6. The van der Waals surface area contributed by atoms with Gasteiger partial charge in [0.15, 0.2) is 9.84 Å². The van der Waals surface area contributed by atoms with Crippen LogP contribution in [-0.4, -0.2) is 70.4 Å². The molecule has 3 aromatic rings. The predicted molar refractivity (Wildman–Crippen MR) is 151 cm³/mol. The minimum Gasteiger partial charge on any atom is -0.447 e. The summed E-state index contributed by atoms with van der Waals surface area (Å²) in [5.74, 6) is -0.327. The summed E-state index contributed by atoms with van der Waals surface area (Å²) in [7, 11) is -3.76. The largest absolute Gasteiger partial charge is 0.447 e. The fraction of sp³-hybridized carbons (Fsp3) is 0.333. The number of anilines is 2. The molecule has 5 rings (SSSR count). The molecule has 2 fully saturated rings. The van der Waals surface area contributed by atoms with Crippen molar-refractivity contribution < 1.29 is 22.7 Å². The second kappa shape index (κ2) is 10.7. The van der Waals surface area contributed by atoms with E-state index in [9.17, 15) is 18.0 Å². The van der Waals surface area contributed by atoms with Crippen molar-refractivity contribution in [3.63, 3.8) is 0 Å². The van der Waals surface area contributed by atoms with Crippen LogP contribution < -0.4 is 9.80 Å². The molecular weight excluding hydrogens is 514 g/mol. The van der Waals surface area contributed by atoms with Gasteiger partial charge in [0, 0.05) is 43.8 Å². The first-order valence-corrected chi connectivity index (χ1v) is 15.0. The Morgan fingerprint density at radius 1 is 0.949 bits per heavy atom. The lowest BCUT2D eigenvalue weighted by atomic mass is 10.0. The Hall–Kier alpha value is -3.85. The summed E-state index contributed by atoms with van der Waals surface area (Å²) in [5.41, 5.74) is 5.10. The minimum atomic E-state index is -3.76. The first-order valence-electron chi connectivity index (χ1n) is 13.1. The van der Waals surface area contributed by atoms with Crippen molar-refractivity contribution in [2.24, 2.45) is 0 Å². The Balaban J connectivity index is 1.37. The van der Waals surface area contributed by atoms with Crippen molar-refractivity contribution in [3.8, 4) is 0 Å². The zero-order chi connectivity index (χ0) is 27.7. The van der Waals surface area contributed by atoms with Crippen molar-refractivity contribution in [1.29, 1.82) is 0 Å². The van der Waals surface area contributed by atoms with Gasteiger partial charge in [0.1, 0.15) is 6.61 Å². The normalized spacial score (nSPS) is 17.9. The van der Waals surface area contributed by atoms with Crippen molar-refractivity contribution >= 4 is 33.2 Å². The van der Waals surface area contributed by atoms with Gasteiger partial charge in [0.2, 0.25) is 0 Å². The molecule has 2 aliphatic heterocycles. The van der Waals surface area contributed by atoms with Gasteiger partial charge in [0.25, 0.3) is 5.91 Å². The number of hydrogen-bond acceptors (Lipinski definition) is 6. The highest BCUT2D eigenvalue weighted by atomic mass is 32.2. The van der Waals surface area contributed by atoms with Crippen molar-refractivity contribution in [3.05, 3.63) is 89.0 Å². The molecule has 0 unspecified atom stereocenters. The maximum Gasteiger partial charge on any atom is 0.414 e. The number of piperazine rings is 1. The fourth-order valence-corrected chi connectivity index (χ4v) is 6.33. The maximum absolute atomic E-state index is 13.6. The van der Waals surface area contributed by atoms with E-state index in [1.807, 2.05) is 30.3 Å². The highest BCUT2D eigenvalue weighted by Gasteiger charge is 2.36. The average Bonchev–Trinajstić information content (AvgIpc) is 3.27. The van der Waals surface area contributed by atoms with E-state index in [1.165, 1.54) is 28.2 Å². The molecule has 39 heavy (non-hydrogen) atoms. The summed E-state index contributed by atoms with van der Waals surface area (Å²) >= 11 is 0. The molecule has 0 spiro atoms. The van der Waals surface area contributed by atoms with Crippen molar-refractivity contribution in [2.45, 2.75) is 31.2 Å². The molecule has 1 atom stereocenters. The number of sulfone groups is 1. The van der Waals surface area contributed by atoms with Crippen molar-refractivity contribution in [2.75, 3.05) is 48.8 Å². The standard InChI is InChI=1S/C30H33N3O5S/c1-21-9-12-27(22(2)17-21)31-13-15-32(16-14-31)29(34)26-11-10-24(19-28(26)39(3,36)37)33-25(20-38-30(33)35)18-23-7-5-4-6-8-23/h4-12,17,19,25H,13-16,18,20H2,1-3H3/t25-/m1/s1. The van der Waals surface area contributed by atoms with E-state index in [2.05, 4.69) is 36.9 Å². The molecular formula is C30H33N3O5S. The molecule has 0 bridgehead atoms. The summed E-state index contributed by atoms with van der Waals surface area (Å²) in [5, 5.41) is 0. The van der Waals surface area contributed by atoms with E-state index in [1.54, 1.807) is 11.0 Å². The van der Waals surface area contributed by atoms with Crippen LogP contribution in [0.5, 0.6) is 0 Å². The summed E-state index contributed by atoms with van der Waals surface area (Å²) in [4.78, 5) is 31.6. The smallest absolute Gasteiger partial charge is 0.414 e. The third-order valence-corrected chi connectivity index (χ3v) is 8.55. The molecule has 2 saturated heterocycles. The lowest BCUT2D eigenvalue weighted by Crippen LogP contribution is -2.49. The Labute approximate surface area is 229 Å². The third-order valence-electron chi connectivity index (χ3n) is 7.41. The number of amides is 2. The summed E-state index contributed by atoms with van der Waals surface area (Å²) in [6.45, 7) is 6.62.